The summed E-state index contributed by atoms with van der Waals surface area (Å²) in [6, 6.07) is 0. The molecular weight excluding hydrogens is 797 g/mol. The molecule has 1 fully saturated rings. The molecule has 1 rings (SSSR count). The van der Waals surface area contributed by atoms with Crippen molar-refractivity contribution in [1.29, 1.82) is 0 Å². The van der Waals surface area contributed by atoms with Gasteiger partial charge in [0.15, 0.2) is 12.4 Å². The first-order valence-corrected chi connectivity index (χ1v) is 26.4. The van der Waals surface area contributed by atoms with Crippen LogP contribution >= 0.6 is 0 Å². The second kappa shape index (κ2) is 44.0. The quantitative estimate of drug-likeness (QED) is 0.0264. The molecule has 1 aliphatic heterocycles. The van der Waals surface area contributed by atoms with E-state index in [0.29, 0.717) is 6.42 Å². The topological polar surface area (TPSA) is 152 Å². The lowest BCUT2D eigenvalue weighted by molar-refractivity contribution is -0.305. The maximum absolute atomic E-state index is 12.8. The summed E-state index contributed by atoms with van der Waals surface area (Å²) in [5, 5.41) is 40.2. The molecule has 0 aliphatic carbocycles. The van der Waals surface area contributed by atoms with Crippen LogP contribution in [0.5, 0.6) is 0 Å². The molecule has 4 N–H and O–H groups in total. The molecule has 0 bridgehead atoms. The first kappa shape index (κ1) is 59.2. The Labute approximate surface area is 385 Å². The zero-order valence-electron chi connectivity index (χ0n) is 40.6. The Morgan fingerprint density at radius 3 is 1.30 bits per heavy atom. The minimum atomic E-state index is -1.60. The van der Waals surface area contributed by atoms with Crippen LogP contribution in [0.15, 0.2) is 24.3 Å². The van der Waals surface area contributed by atoms with E-state index < -0.39 is 49.4 Å². The van der Waals surface area contributed by atoms with Crippen molar-refractivity contribution in [3.05, 3.63) is 24.3 Å². The van der Waals surface area contributed by atoms with Crippen LogP contribution in [0.25, 0.3) is 0 Å². The van der Waals surface area contributed by atoms with Crippen molar-refractivity contribution in [2.75, 3.05) is 19.8 Å². The van der Waals surface area contributed by atoms with Crippen LogP contribution in [0.3, 0.4) is 0 Å². The standard InChI is InChI=1S/C53H98O10/c1-3-5-7-9-11-13-15-17-19-20-21-22-23-24-25-26-28-29-31-33-35-37-39-41-48(55)60-44-46(45-61-53-52(59)51(58)50(57)47(43-54)63-53)62-49(56)42-40-38-36-34-32-30-27-18-16-14-12-10-8-6-4-2/h14,16,18,27,46-47,50-54,57-59H,3-13,15,17,19-26,28-45H2,1-2H3/b16-14+,27-18+/t46-,47-,50+,51?,52?,53-/m0/s1. The van der Waals surface area contributed by atoms with Gasteiger partial charge in [0, 0.05) is 12.8 Å². The number of allylic oxidation sites excluding steroid dienone is 4. The summed E-state index contributed by atoms with van der Waals surface area (Å²) in [6.07, 6.45) is 43.4. The maximum atomic E-state index is 12.8. The number of hydrogen-bond acceptors (Lipinski definition) is 10. The zero-order chi connectivity index (χ0) is 45.9. The van der Waals surface area contributed by atoms with E-state index in [0.717, 1.165) is 57.8 Å². The van der Waals surface area contributed by atoms with Crippen LogP contribution < -0.4 is 0 Å². The molecule has 0 spiro atoms. The van der Waals surface area contributed by atoms with Crippen LogP contribution in [-0.4, -0.2) is 89.0 Å². The molecular formula is C53H98O10. The summed E-state index contributed by atoms with van der Waals surface area (Å²) >= 11 is 0. The van der Waals surface area contributed by atoms with Crippen molar-refractivity contribution in [3.63, 3.8) is 0 Å². The van der Waals surface area contributed by atoms with E-state index in [1.54, 1.807) is 0 Å². The summed E-state index contributed by atoms with van der Waals surface area (Å²) in [6.45, 7) is 3.43. The molecule has 0 saturated carbocycles. The predicted octanol–water partition coefficient (Wildman–Crippen LogP) is 12.5. The van der Waals surface area contributed by atoms with Gasteiger partial charge < -0.3 is 39.4 Å². The summed E-state index contributed by atoms with van der Waals surface area (Å²) in [7, 11) is 0. The molecule has 1 saturated heterocycles. The number of carbonyl (C=O) groups excluding carboxylic acids is 2. The van der Waals surface area contributed by atoms with Gasteiger partial charge in [0.05, 0.1) is 13.2 Å². The van der Waals surface area contributed by atoms with Crippen molar-refractivity contribution >= 4 is 11.9 Å². The Hall–Kier alpha value is -1.82. The van der Waals surface area contributed by atoms with E-state index in [2.05, 4.69) is 38.2 Å². The second-order valence-corrected chi connectivity index (χ2v) is 18.4. The van der Waals surface area contributed by atoms with Gasteiger partial charge in [-0.25, -0.2) is 0 Å². The molecule has 0 radical (unpaired) electrons. The van der Waals surface area contributed by atoms with E-state index in [9.17, 15) is 30.0 Å². The van der Waals surface area contributed by atoms with E-state index in [1.807, 2.05) is 0 Å². The third kappa shape index (κ3) is 35.1. The molecule has 10 heteroatoms. The average Bonchev–Trinajstić information content (AvgIpc) is 3.28. The van der Waals surface area contributed by atoms with Gasteiger partial charge in [-0.1, -0.05) is 218 Å². The fourth-order valence-corrected chi connectivity index (χ4v) is 8.18. The first-order chi connectivity index (χ1) is 30.8. The molecule has 0 aromatic heterocycles. The zero-order valence-corrected chi connectivity index (χ0v) is 40.6. The van der Waals surface area contributed by atoms with E-state index in [4.69, 9.17) is 18.9 Å². The van der Waals surface area contributed by atoms with Gasteiger partial charge in [-0.05, 0) is 38.5 Å². The fraction of sp³-hybridized carbons (Fsp3) is 0.887. The largest absolute Gasteiger partial charge is 0.462 e. The van der Waals surface area contributed by atoms with Crippen molar-refractivity contribution in [1.82, 2.24) is 0 Å². The van der Waals surface area contributed by atoms with Crippen LogP contribution in [-0.2, 0) is 28.5 Å². The Kier molecular flexibility index (Phi) is 41.4. The highest BCUT2D eigenvalue weighted by molar-refractivity contribution is 5.70. The van der Waals surface area contributed by atoms with Crippen LogP contribution in [0.2, 0.25) is 0 Å². The molecule has 0 amide bonds. The highest BCUT2D eigenvalue weighted by Crippen LogP contribution is 2.23. The first-order valence-electron chi connectivity index (χ1n) is 26.4. The molecule has 6 atom stereocenters. The van der Waals surface area contributed by atoms with Gasteiger partial charge in [0.25, 0.3) is 0 Å². The number of ether oxygens (including phenoxy) is 4. The van der Waals surface area contributed by atoms with Crippen molar-refractivity contribution in [3.8, 4) is 0 Å². The lowest BCUT2D eigenvalue weighted by Gasteiger charge is -2.39. The molecule has 0 aromatic carbocycles. The van der Waals surface area contributed by atoms with E-state index >= 15 is 0 Å². The fourth-order valence-electron chi connectivity index (χ4n) is 8.18. The molecule has 370 valence electrons. The summed E-state index contributed by atoms with van der Waals surface area (Å²) in [5.41, 5.74) is 0. The third-order valence-electron chi connectivity index (χ3n) is 12.4. The summed E-state index contributed by atoms with van der Waals surface area (Å²) in [5.74, 6) is -0.812. The lowest BCUT2D eigenvalue weighted by atomic mass is 9.99. The second-order valence-electron chi connectivity index (χ2n) is 18.4. The molecule has 1 heterocycles. The van der Waals surface area contributed by atoms with Crippen molar-refractivity contribution in [2.24, 2.45) is 0 Å². The number of carbonyl (C=O) groups is 2. The maximum Gasteiger partial charge on any atom is 0.306 e. The number of hydrogen-bond donors (Lipinski definition) is 4. The van der Waals surface area contributed by atoms with Crippen LogP contribution in [0, 0.1) is 0 Å². The van der Waals surface area contributed by atoms with Gasteiger partial charge in [0.2, 0.25) is 0 Å². The van der Waals surface area contributed by atoms with Crippen LogP contribution in [0.4, 0.5) is 0 Å². The highest BCUT2D eigenvalue weighted by atomic mass is 16.7. The molecule has 10 nitrogen and oxygen atoms in total. The Balaban J connectivity index is 2.22. The number of rotatable bonds is 45. The van der Waals surface area contributed by atoms with Gasteiger partial charge in [-0.15, -0.1) is 0 Å². The average molecular weight is 895 g/mol. The van der Waals surface area contributed by atoms with Gasteiger partial charge in [-0.3, -0.25) is 9.59 Å². The lowest BCUT2D eigenvalue weighted by Crippen LogP contribution is -2.59. The van der Waals surface area contributed by atoms with Gasteiger partial charge in [0.1, 0.15) is 31.0 Å². The minimum Gasteiger partial charge on any atom is -0.462 e. The Bertz CT molecular complexity index is 1080. The monoisotopic (exact) mass is 895 g/mol. The summed E-state index contributed by atoms with van der Waals surface area (Å²) < 4.78 is 22.2. The minimum absolute atomic E-state index is 0.215. The number of unbranched alkanes of at least 4 members (excludes halogenated alkanes) is 31. The third-order valence-corrected chi connectivity index (χ3v) is 12.4. The summed E-state index contributed by atoms with van der Waals surface area (Å²) in [4.78, 5) is 25.4. The van der Waals surface area contributed by atoms with Crippen LogP contribution in [0.1, 0.15) is 245 Å². The molecule has 63 heavy (non-hydrogen) atoms. The van der Waals surface area contributed by atoms with Gasteiger partial charge in [-0.2, -0.15) is 0 Å². The van der Waals surface area contributed by atoms with Crippen molar-refractivity contribution < 1.29 is 49.0 Å². The SMILES string of the molecule is CCCCCC/C=C/C=C/CCCCCCCC(=O)O[C@@H](COC(=O)CCCCCCCCCCCCCCCCCCCCCCCCC)CO[C@H]1O[C@@H](CO)[C@@H](O)C(O)C1O. The van der Waals surface area contributed by atoms with E-state index in [-0.39, 0.29) is 32.0 Å². The molecule has 1 aliphatic rings. The van der Waals surface area contributed by atoms with Gasteiger partial charge >= 0.3 is 11.9 Å². The van der Waals surface area contributed by atoms with Crippen molar-refractivity contribution in [2.45, 2.75) is 282 Å². The molecule has 0 aromatic rings. The Morgan fingerprint density at radius 2 is 0.873 bits per heavy atom. The predicted molar refractivity (Wildman–Crippen MR) is 256 cm³/mol. The number of aliphatic hydroxyl groups excluding tert-OH is 4. The number of aliphatic hydroxyl groups is 4. The van der Waals surface area contributed by atoms with E-state index in [1.165, 1.54) is 154 Å². The Morgan fingerprint density at radius 1 is 0.492 bits per heavy atom. The normalized spacial score (nSPS) is 19.6. The highest BCUT2D eigenvalue weighted by Gasteiger charge is 2.44. The molecule has 2 unspecified atom stereocenters. The smallest absolute Gasteiger partial charge is 0.306 e. The number of esters is 2.